The zero-order valence-corrected chi connectivity index (χ0v) is 8.12. The summed E-state index contributed by atoms with van der Waals surface area (Å²) in [4.78, 5) is 11.9. The Hall–Kier alpha value is -1.55. The molecule has 0 aliphatic carbocycles. The minimum atomic E-state index is -0.411. The number of benzene rings is 1. The van der Waals surface area contributed by atoms with Crippen LogP contribution in [0.3, 0.4) is 0 Å². The smallest absolute Gasteiger partial charge is 0.248 e. The quantitative estimate of drug-likeness (QED) is 0.710. The van der Waals surface area contributed by atoms with Gasteiger partial charge in [-0.05, 0) is 23.8 Å². The molecule has 70 valence electrons. The van der Waals surface area contributed by atoms with Crippen LogP contribution in [0.15, 0.2) is 33.6 Å². The maximum atomic E-state index is 10.9. The number of amides is 1. The zero-order valence-electron chi connectivity index (χ0n) is 7.31. The van der Waals surface area contributed by atoms with Crippen molar-refractivity contribution in [1.82, 2.24) is 0 Å². The lowest BCUT2D eigenvalue weighted by atomic mass is 10.1. The highest BCUT2D eigenvalue weighted by molar-refractivity contribution is 7.98. The number of hydrogen-bond acceptors (Lipinski definition) is 3. The minimum Gasteiger partial charge on any atom is -0.366 e. The number of rotatable bonds is 1. The van der Waals surface area contributed by atoms with Crippen LogP contribution in [0.5, 0.6) is 0 Å². The third-order valence-corrected chi connectivity index (χ3v) is 2.65. The van der Waals surface area contributed by atoms with Gasteiger partial charge in [-0.3, -0.25) is 4.79 Å². The Morgan fingerprint density at radius 2 is 2.29 bits per heavy atom. The first-order chi connectivity index (χ1) is 6.77. The van der Waals surface area contributed by atoms with Crippen LogP contribution in [0, 0.1) is 0 Å². The summed E-state index contributed by atoms with van der Waals surface area (Å²) >= 11 is 1.34. The summed E-state index contributed by atoms with van der Waals surface area (Å²) < 4.78 is 4.07. The lowest BCUT2D eigenvalue weighted by Crippen LogP contribution is -2.10. The zero-order chi connectivity index (χ0) is 9.97. The first-order valence-electron chi connectivity index (χ1n) is 4.08. The fraction of sp³-hybridized carbons (Fsp3) is 0. The Morgan fingerprint density at radius 3 is 3.07 bits per heavy atom. The van der Waals surface area contributed by atoms with Crippen LogP contribution in [0.2, 0.25) is 0 Å². The van der Waals surface area contributed by atoms with Gasteiger partial charge in [0.25, 0.3) is 0 Å². The maximum absolute atomic E-state index is 10.9. The van der Waals surface area contributed by atoms with Crippen LogP contribution in [-0.2, 0) is 0 Å². The van der Waals surface area contributed by atoms with Crippen molar-refractivity contribution < 1.29 is 4.79 Å². The number of nitrogens with zero attached hydrogens (tertiary/aromatic N) is 1. The molecule has 4 heteroatoms. The van der Waals surface area contributed by atoms with Crippen molar-refractivity contribution in [3.63, 3.8) is 0 Å². The Balaban J connectivity index is 2.49. The van der Waals surface area contributed by atoms with Gasteiger partial charge in [0.15, 0.2) is 0 Å². The van der Waals surface area contributed by atoms with E-state index in [1.165, 1.54) is 11.9 Å². The first kappa shape index (κ1) is 9.02. The standard InChI is InChI=1S/C10H8N2OS/c11-10(13)8-4-3-7-2-1-5-12-14-9(7)6-8/h1-6H,(H2,11,13). The Kier molecular flexibility index (Phi) is 2.37. The van der Waals surface area contributed by atoms with Gasteiger partial charge in [0.05, 0.1) is 0 Å². The molecule has 0 saturated heterocycles. The number of nitrogens with two attached hydrogens (primary N) is 1. The molecule has 1 aromatic rings. The van der Waals surface area contributed by atoms with Crippen LogP contribution in [-0.4, -0.2) is 12.1 Å². The highest BCUT2D eigenvalue weighted by Crippen LogP contribution is 2.27. The second-order valence-electron chi connectivity index (χ2n) is 2.82. The van der Waals surface area contributed by atoms with Crippen molar-refractivity contribution in [3.05, 3.63) is 35.4 Å². The van der Waals surface area contributed by atoms with Crippen molar-refractivity contribution in [1.29, 1.82) is 0 Å². The van der Waals surface area contributed by atoms with E-state index in [1.807, 2.05) is 18.2 Å². The molecular weight excluding hydrogens is 196 g/mol. The van der Waals surface area contributed by atoms with Crippen molar-refractivity contribution in [2.75, 3.05) is 0 Å². The van der Waals surface area contributed by atoms with E-state index < -0.39 is 5.91 Å². The van der Waals surface area contributed by atoms with Crippen molar-refractivity contribution >= 4 is 30.1 Å². The maximum Gasteiger partial charge on any atom is 0.248 e. The van der Waals surface area contributed by atoms with Gasteiger partial charge in [-0.15, -0.1) is 0 Å². The molecule has 0 radical (unpaired) electrons. The second kappa shape index (κ2) is 3.67. The molecule has 14 heavy (non-hydrogen) atoms. The third kappa shape index (κ3) is 1.70. The number of hydrogen-bond donors (Lipinski definition) is 1. The summed E-state index contributed by atoms with van der Waals surface area (Å²) in [5, 5.41) is 0. The Bertz CT molecular complexity index is 438. The van der Waals surface area contributed by atoms with E-state index in [-0.39, 0.29) is 0 Å². The molecule has 0 spiro atoms. The van der Waals surface area contributed by atoms with Crippen LogP contribution in [0.1, 0.15) is 15.9 Å². The summed E-state index contributed by atoms with van der Waals surface area (Å²) in [6, 6.07) is 5.35. The van der Waals surface area contributed by atoms with E-state index in [2.05, 4.69) is 4.40 Å². The number of allylic oxidation sites excluding steroid dienone is 1. The summed E-state index contributed by atoms with van der Waals surface area (Å²) in [5.41, 5.74) is 6.75. The Labute approximate surface area is 85.9 Å². The topological polar surface area (TPSA) is 55.5 Å². The predicted molar refractivity (Wildman–Crippen MR) is 58.3 cm³/mol. The molecule has 0 atom stereocenters. The molecule has 1 aliphatic heterocycles. The molecule has 0 bridgehead atoms. The largest absolute Gasteiger partial charge is 0.366 e. The van der Waals surface area contributed by atoms with Gasteiger partial charge < -0.3 is 5.73 Å². The summed E-state index contributed by atoms with van der Waals surface area (Å²) in [7, 11) is 0. The van der Waals surface area contributed by atoms with E-state index in [1.54, 1.807) is 18.3 Å². The van der Waals surface area contributed by atoms with E-state index >= 15 is 0 Å². The lowest BCUT2D eigenvalue weighted by molar-refractivity contribution is 0.1000. The Morgan fingerprint density at radius 1 is 1.43 bits per heavy atom. The highest BCUT2D eigenvalue weighted by Gasteiger charge is 2.06. The van der Waals surface area contributed by atoms with Crippen LogP contribution in [0.4, 0.5) is 0 Å². The van der Waals surface area contributed by atoms with Crippen molar-refractivity contribution in [3.8, 4) is 0 Å². The van der Waals surface area contributed by atoms with E-state index in [0.29, 0.717) is 5.56 Å². The number of carbonyl (C=O) groups excluding carboxylic acids is 1. The molecule has 2 rings (SSSR count). The van der Waals surface area contributed by atoms with Crippen LogP contribution >= 0.6 is 11.9 Å². The average molecular weight is 204 g/mol. The molecule has 0 aromatic heterocycles. The molecular formula is C10H8N2OS. The van der Waals surface area contributed by atoms with Crippen molar-refractivity contribution in [2.45, 2.75) is 4.90 Å². The minimum absolute atomic E-state index is 0.411. The number of fused-ring (bicyclic) bond motifs is 1. The van der Waals surface area contributed by atoms with Gasteiger partial charge in [-0.1, -0.05) is 12.1 Å². The molecule has 0 saturated carbocycles. The van der Waals surface area contributed by atoms with E-state index in [4.69, 9.17) is 5.73 Å². The fourth-order valence-corrected chi connectivity index (χ4v) is 1.84. The molecule has 1 heterocycles. The molecule has 1 aliphatic rings. The van der Waals surface area contributed by atoms with E-state index in [9.17, 15) is 4.79 Å². The number of carbonyl (C=O) groups is 1. The highest BCUT2D eigenvalue weighted by atomic mass is 32.2. The summed E-state index contributed by atoms with van der Waals surface area (Å²) in [6.45, 7) is 0. The first-order valence-corrected chi connectivity index (χ1v) is 4.85. The fourth-order valence-electron chi connectivity index (χ4n) is 1.17. The summed E-state index contributed by atoms with van der Waals surface area (Å²) in [6.07, 6.45) is 5.53. The molecule has 0 fully saturated rings. The van der Waals surface area contributed by atoms with Gasteiger partial charge in [0.1, 0.15) is 0 Å². The molecule has 1 amide bonds. The van der Waals surface area contributed by atoms with Gasteiger partial charge in [-0.25, -0.2) is 4.40 Å². The molecule has 0 unspecified atom stereocenters. The lowest BCUT2D eigenvalue weighted by Gasteiger charge is -2.02. The van der Waals surface area contributed by atoms with Gasteiger partial charge in [-0.2, -0.15) is 0 Å². The van der Waals surface area contributed by atoms with Gasteiger partial charge in [0, 0.05) is 28.6 Å². The normalized spacial score (nSPS) is 13.4. The SMILES string of the molecule is NC(=O)c1ccc2c(c1)SN=CC=C2. The molecule has 2 N–H and O–H groups in total. The molecule has 1 aromatic carbocycles. The monoisotopic (exact) mass is 204 g/mol. The predicted octanol–water partition coefficient (Wildman–Crippen LogP) is 1.89. The van der Waals surface area contributed by atoms with Crippen LogP contribution in [0.25, 0.3) is 6.08 Å². The summed E-state index contributed by atoms with van der Waals surface area (Å²) in [5.74, 6) is -0.411. The van der Waals surface area contributed by atoms with Gasteiger partial charge >= 0.3 is 0 Å². The third-order valence-electron chi connectivity index (χ3n) is 1.87. The van der Waals surface area contributed by atoms with Gasteiger partial charge in [0.2, 0.25) is 5.91 Å². The average Bonchev–Trinajstić information content (AvgIpc) is 2.41. The van der Waals surface area contributed by atoms with E-state index in [0.717, 1.165) is 10.5 Å². The number of primary amides is 1. The molecule has 3 nitrogen and oxygen atoms in total. The van der Waals surface area contributed by atoms with Crippen LogP contribution < -0.4 is 5.73 Å². The second-order valence-corrected chi connectivity index (χ2v) is 3.65. The van der Waals surface area contributed by atoms with Crippen molar-refractivity contribution in [2.24, 2.45) is 10.1 Å².